The number of methoxy groups -OCH3 is 1. The van der Waals surface area contributed by atoms with Gasteiger partial charge in [-0.1, -0.05) is 0 Å². The number of hydrogen-bond acceptors (Lipinski definition) is 1. The van der Waals surface area contributed by atoms with Crippen molar-refractivity contribution in [3.05, 3.63) is 81.9 Å². The molecule has 0 unspecified atom stereocenters. The minimum atomic E-state index is -2.11. The fourth-order valence-corrected chi connectivity index (χ4v) is 3.55. The number of halogens is 8. The lowest BCUT2D eigenvalue weighted by molar-refractivity contribution is 0.407. The van der Waals surface area contributed by atoms with Gasteiger partial charge in [0.25, 0.3) is 6.71 Å². The topological polar surface area (TPSA) is 9.23 Å². The van der Waals surface area contributed by atoms with E-state index in [0.717, 1.165) is 21.0 Å². The molecule has 0 bridgehead atoms. The largest absolute Gasteiger partial charge is 0.497 e. The minimum Gasteiger partial charge on any atom is -0.497 e. The second-order valence-electron chi connectivity index (χ2n) is 6.82. The van der Waals surface area contributed by atoms with E-state index in [0.29, 0.717) is 12.1 Å². The first-order chi connectivity index (χ1) is 14.5. The summed E-state index contributed by atoms with van der Waals surface area (Å²) in [4.78, 5) is 0. The third-order valence-electron chi connectivity index (χ3n) is 5.06. The Balaban J connectivity index is 2.51. The van der Waals surface area contributed by atoms with E-state index in [4.69, 9.17) is 4.74 Å². The monoisotopic (exact) mass is 444 g/mol. The molecule has 162 valence electrons. The molecule has 3 aromatic rings. The minimum absolute atomic E-state index is 0.122. The van der Waals surface area contributed by atoms with Gasteiger partial charge in [0.15, 0.2) is 23.3 Å². The average molecular weight is 444 g/mol. The SMILES string of the molecule is COc1cc(F)c(B(c2c(F)cc(F)c(F)c2C)c2c(F)cc(F)c(F)c2C)c(F)c1. The van der Waals surface area contributed by atoms with Crippen LogP contribution in [0.2, 0.25) is 0 Å². The van der Waals surface area contributed by atoms with Crippen LogP contribution in [0.25, 0.3) is 0 Å². The first-order valence-corrected chi connectivity index (χ1v) is 8.80. The van der Waals surface area contributed by atoms with Gasteiger partial charge in [0, 0.05) is 29.7 Å². The van der Waals surface area contributed by atoms with Gasteiger partial charge >= 0.3 is 0 Å². The van der Waals surface area contributed by atoms with Crippen LogP contribution in [0.5, 0.6) is 5.75 Å². The molecule has 31 heavy (non-hydrogen) atoms. The van der Waals surface area contributed by atoms with Crippen molar-refractivity contribution in [1.82, 2.24) is 0 Å². The van der Waals surface area contributed by atoms with Crippen molar-refractivity contribution < 1.29 is 39.9 Å². The van der Waals surface area contributed by atoms with Crippen LogP contribution < -0.4 is 21.1 Å². The lowest BCUT2D eigenvalue weighted by Crippen LogP contribution is -2.59. The highest BCUT2D eigenvalue weighted by Crippen LogP contribution is 2.20. The lowest BCUT2D eigenvalue weighted by Gasteiger charge is -2.23. The van der Waals surface area contributed by atoms with Crippen molar-refractivity contribution in [3.63, 3.8) is 0 Å². The molecule has 0 spiro atoms. The van der Waals surface area contributed by atoms with Gasteiger partial charge in [0.05, 0.1) is 7.11 Å². The van der Waals surface area contributed by atoms with Crippen LogP contribution >= 0.6 is 0 Å². The van der Waals surface area contributed by atoms with Gasteiger partial charge < -0.3 is 4.74 Å². The Hall–Kier alpha value is -3.04. The molecule has 0 saturated heterocycles. The van der Waals surface area contributed by atoms with Crippen molar-refractivity contribution in [3.8, 4) is 5.75 Å². The molecule has 0 N–H and O–H groups in total. The maximum Gasteiger partial charge on any atom is 0.257 e. The van der Waals surface area contributed by atoms with Gasteiger partial charge in [-0.05, 0) is 35.9 Å². The maximum absolute atomic E-state index is 14.9. The summed E-state index contributed by atoms with van der Waals surface area (Å²) in [6, 6.07) is 1.64. The van der Waals surface area contributed by atoms with E-state index in [2.05, 4.69) is 0 Å². The molecule has 10 heteroatoms. The summed E-state index contributed by atoms with van der Waals surface area (Å²) >= 11 is 0. The summed E-state index contributed by atoms with van der Waals surface area (Å²) < 4.78 is 120. The smallest absolute Gasteiger partial charge is 0.257 e. The maximum atomic E-state index is 14.9. The molecule has 0 aliphatic carbocycles. The summed E-state index contributed by atoms with van der Waals surface area (Å²) in [5.74, 6) is -12.2. The third kappa shape index (κ3) is 3.75. The van der Waals surface area contributed by atoms with Crippen LogP contribution in [0, 0.1) is 60.4 Å². The zero-order chi connectivity index (χ0) is 23.2. The number of rotatable bonds is 4. The summed E-state index contributed by atoms with van der Waals surface area (Å²) in [5, 5.41) is 0. The van der Waals surface area contributed by atoms with Gasteiger partial charge in [-0.15, -0.1) is 0 Å². The van der Waals surface area contributed by atoms with Gasteiger partial charge in [-0.25, -0.2) is 35.1 Å². The van der Waals surface area contributed by atoms with Crippen LogP contribution in [0.3, 0.4) is 0 Å². The Bertz CT molecular complexity index is 1110. The normalized spacial score (nSPS) is 11.1. The molecule has 0 aliphatic rings. The Labute approximate surface area is 172 Å². The molecule has 0 radical (unpaired) electrons. The molecular formula is C21H13BF8O. The van der Waals surface area contributed by atoms with E-state index >= 15 is 0 Å². The van der Waals surface area contributed by atoms with Crippen LogP contribution in [0.15, 0.2) is 24.3 Å². The summed E-state index contributed by atoms with van der Waals surface area (Å²) in [5.41, 5.74) is -4.10. The molecule has 1 nitrogen and oxygen atoms in total. The predicted molar refractivity (Wildman–Crippen MR) is 99.7 cm³/mol. The molecule has 0 heterocycles. The van der Waals surface area contributed by atoms with Gasteiger partial charge in [-0.3, -0.25) is 0 Å². The van der Waals surface area contributed by atoms with Crippen LogP contribution in [0.1, 0.15) is 11.1 Å². The molecular weight excluding hydrogens is 431 g/mol. The highest BCUT2D eigenvalue weighted by molar-refractivity contribution is 6.96. The highest BCUT2D eigenvalue weighted by atomic mass is 19.2. The van der Waals surface area contributed by atoms with E-state index in [-0.39, 0.29) is 17.9 Å². The summed E-state index contributed by atoms with van der Waals surface area (Å²) in [6.45, 7) is -0.289. The van der Waals surface area contributed by atoms with E-state index in [1.54, 1.807) is 0 Å². The molecule has 0 amide bonds. The zero-order valence-electron chi connectivity index (χ0n) is 16.3. The standard InChI is InChI=1S/C21H13BF8O/c1-8-17(13(25)6-15(27)20(8)29)22(18-9(2)21(30)16(28)7-14(18)26)19-11(23)4-10(31-3)5-12(19)24/h4-7H,1-3H3. The molecule has 0 saturated carbocycles. The molecule has 0 aromatic heterocycles. The Morgan fingerprint density at radius 3 is 1.26 bits per heavy atom. The molecule has 0 atom stereocenters. The van der Waals surface area contributed by atoms with Crippen LogP contribution in [-0.4, -0.2) is 13.8 Å². The van der Waals surface area contributed by atoms with Gasteiger partial charge in [0.1, 0.15) is 29.0 Å². The lowest BCUT2D eigenvalue weighted by atomic mass is 9.35. The first-order valence-electron chi connectivity index (χ1n) is 8.80. The average Bonchev–Trinajstić information content (AvgIpc) is 2.69. The second kappa shape index (κ2) is 8.24. The zero-order valence-corrected chi connectivity index (χ0v) is 16.3. The van der Waals surface area contributed by atoms with E-state index in [1.807, 2.05) is 0 Å². The van der Waals surface area contributed by atoms with E-state index in [1.165, 1.54) is 0 Å². The van der Waals surface area contributed by atoms with Gasteiger partial charge in [0.2, 0.25) is 0 Å². The summed E-state index contributed by atoms with van der Waals surface area (Å²) in [6.07, 6.45) is 0. The van der Waals surface area contributed by atoms with Crippen LogP contribution in [0.4, 0.5) is 35.1 Å². The van der Waals surface area contributed by atoms with Crippen molar-refractivity contribution >= 4 is 23.1 Å². The highest BCUT2D eigenvalue weighted by Gasteiger charge is 2.38. The third-order valence-corrected chi connectivity index (χ3v) is 5.06. The van der Waals surface area contributed by atoms with Crippen molar-refractivity contribution in [2.75, 3.05) is 7.11 Å². The fraction of sp³-hybridized carbons (Fsp3) is 0.143. The Morgan fingerprint density at radius 2 is 0.903 bits per heavy atom. The van der Waals surface area contributed by atoms with E-state index in [9.17, 15) is 35.1 Å². The molecule has 0 fully saturated rings. The fourth-order valence-electron chi connectivity index (χ4n) is 3.55. The van der Waals surface area contributed by atoms with Crippen LogP contribution in [-0.2, 0) is 0 Å². The first kappa shape index (κ1) is 22.6. The predicted octanol–water partition coefficient (Wildman–Crippen LogP) is 3.94. The number of ether oxygens (including phenoxy) is 1. The summed E-state index contributed by atoms with van der Waals surface area (Å²) in [7, 11) is 1.11. The number of hydrogen-bond donors (Lipinski definition) is 0. The molecule has 3 rings (SSSR count). The Kier molecular flexibility index (Phi) is 6.02. The second-order valence-corrected chi connectivity index (χ2v) is 6.82. The van der Waals surface area contributed by atoms with Gasteiger partial charge in [-0.2, -0.15) is 0 Å². The number of benzene rings is 3. The molecule has 0 aliphatic heterocycles. The van der Waals surface area contributed by atoms with Crippen molar-refractivity contribution in [2.24, 2.45) is 0 Å². The van der Waals surface area contributed by atoms with E-state index < -0.39 is 80.8 Å². The molecule has 3 aromatic carbocycles. The van der Waals surface area contributed by atoms with Crippen molar-refractivity contribution in [1.29, 1.82) is 0 Å². The van der Waals surface area contributed by atoms with Crippen molar-refractivity contribution in [2.45, 2.75) is 13.8 Å². The Morgan fingerprint density at radius 1 is 0.548 bits per heavy atom. The quantitative estimate of drug-likeness (QED) is 0.337.